The molecule has 15 heavy (non-hydrogen) atoms. The van der Waals surface area contributed by atoms with Gasteiger partial charge in [-0.15, -0.1) is 11.6 Å². The Labute approximate surface area is 91.7 Å². The van der Waals surface area contributed by atoms with Crippen LogP contribution in [0.25, 0.3) is 0 Å². The van der Waals surface area contributed by atoms with E-state index in [0.29, 0.717) is 5.56 Å². The summed E-state index contributed by atoms with van der Waals surface area (Å²) in [6.45, 7) is 0. The van der Waals surface area contributed by atoms with Crippen LogP contribution in [0.2, 0.25) is 0 Å². The highest BCUT2D eigenvalue weighted by atomic mass is 35.5. The predicted molar refractivity (Wildman–Crippen MR) is 55.9 cm³/mol. The molecule has 1 unspecified atom stereocenters. The van der Waals surface area contributed by atoms with E-state index >= 15 is 0 Å². The third-order valence-corrected chi connectivity index (χ3v) is 2.26. The van der Waals surface area contributed by atoms with E-state index in [9.17, 15) is 9.59 Å². The molecule has 0 aliphatic rings. The van der Waals surface area contributed by atoms with Crippen molar-refractivity contribution < 1.29 is 14.7 Å². The van der Waals surface area contributed by atoms with Gasteiger partial charge in [0.1, 0.15) is 5.38 Å². The Kier molecular flexibility index (Phi) is 3.68. The number of hydrogen-bond donors (Lipinski definition) is 2. The number of rotatable bonds is 4. The Balaban J connectivity index is 2.72. The number of amides is 1. The summed E-state index contributed by atoms with van der Waals surface area (Å²) in [4.78, 5) is 21.2. The number of carbonyl (C=O) groups excluding carboxylic acids is 1. The first-order valence-corrected chi connectivity index (χ1v) is 4.70. The van der Waals surface area contributed by atoms with E-state index in [1.807, 2.05) is 0 Å². The third kappa shape index (κ3) is 3.25. The van der Waals surface area contributed by atoms with E-state index < -0.39 is 17.3 Å². The molecular weight excluding hydrogens is 218 g/mol. The van der Waals surface area contributed by atoms with E-state index in [2.05, 4.69) is 0 Å². The molecule has 80 valence electrons. The molecule has 0 aromatic heterocycles. The fourth-order valence-corrected chi connectivity index (χ4v) is 1.28. The molecule has 1 aromatic rings. The lowest BCUT2D eigenvalue weighted by atomic mass is 10.1. The average Bonchev–Trinajstić information content (AvgIpc) is 2.18. The van der Waals surface area contributed by atoms with Crippen molar-refractivity contribution in [3.05, 3.63) is 35.4 Å². The topological polar surface area (TPSA) is 80.4 Å². The zero-order valence-corrected chi connectivity index (χ0v) is 8.57. The summed E-state index contributed by atoms with van der Waals surface area (Å²) in [5, 5.41) is 7.63. The normalized spacial score (nSPS) is 12.1. The maximum absolute atomic E-state index is 10.7. The lowest BCUT2D eigenvalue weighted by Crippen LogP contribution is -2.16. The van der Waals surface area contributed by atoms with E-state index in [4.69, 9.17) is 22.4 Å². The van der Waals surface area contributed by atoms with Gasteiger partial charge in [0.25, 0.3) is 0 Å². The standard InChI is InChI=1S/C10H10ClNO3/c11-8(10(14)15)5-6-1-3-7(4-2-6)9(12)13/h1-4,8H,5H2,(H2,12,13)(H,14,15). The quantitative estimate of drug-likeness (QED) is 0.754. The summed E-state index contributed by atoms with van der Waals surface area (Å²) >= 11 is 5.56. The van der Waals surface area contributed by atoms with Gasteiger partial charge in [-0.05, 0) is 24.1 Å². The Morgan fingerprint density at radius 3 is 2.27 bits per heavy atom. The maximum atomic E-state index is 10.7. The molecule has 1 aromatic carbocycles. The summed E-state index contributed by atoms with van der Waals surface area (Å²) in [7, 11) is 0. The van der Waals surface area contributed by atoms with Crippen molar-refractivity contribution in [3.8, 4) is 0 Å². The maximum Gasteiger partial charge on any atom is 0.321 e. The van der Waals surface area contributed by atoms with Gasteiger partial charge in [0.05, 0.1) is 0 Å². The molecule has 0 heterocycles. The van der Waals surface area contributed by atoms with Gasteiger partial charge in [-0.1, -0.05) is 12.1 Å². The van der Waals surface area contributed by atoms with E-state index in [1.54, 1.807) is 24.3 Å². The Morgan fingerprint density at radius 2 is 1.87 bits per heavy atom. The van der Waals surface area contributed by atoms with Crippen molar-refractivity contribution in [2.75, 3.05) is 0 Å². The van der Waals surface area contributed by atoms with Crippen LogP contribution in [0.15, 0.2) is 24.3 Å². The molecule has 0 radical (unpaired) electrons. The van der Waals surface area contributed by atoms with Crippen LogP contribution in [-0.2, 0) is 11.2 Å². The second-order valence-electron chi connectivity index (χ2n) is 3.07. The molecule has 4 nitrogen and oxygen atoms in total. The fraction of sp³-hybridized carbons (Fsp3) is 0.200. The van der Waals surface area contributed by atoms with Crippen molar-refractivity contribution in [2.45, 2.75) is 11.8 Å². The number of carboxylic acids is 1. The molecule has 5 heteroatoms. The molecule has 0 saturated carbocycles. The largest absolute Gasteiger partial charge is 0.480 e. The molecule has 1 amide bonds. The Hall–Kier alpha value is -1.55. The molecule has 1 atom stereocenters. The first-order chi connectivity index (χ1) is 7.00. The van der Waals surface area contributed by atoms with E-state index in [-0.39, 0.29) is 6.42 Å². The van der Waals surface area contributed by atoms with Crippen LogP contribution in [0.5, 0.6) is 0 Å². The molecule has 0 fully saturated rings. The Bertz CT molecular complexity index is 375. The number of primary amides is 1. The minimum atomic E-state index is -1.06. The van der Waals surface area contributed by atoms with Gasteiger partial charge in [0.15, 0.2) is 0 Å². The summed E-state index contributed by atoms with van der Waals surface area (Å²) in [5.74, 6) is -1.57. The number of nitrogens with two attached hydrogens (primary N) is 1. The van der Waals surface area contributed by atoms with Crippen LogP contribution in [-0.4, -0.2) is 22.4 Å². The molecule has 1 rings (SSSR count). The number of carbonyl (C=O) groups is 2. The number of alkyl halides is 1. The minimum absolute atomic E-state index is 0.218. The second kappa shape index (κ2) is 4.79. The zero-order chi connectivity index (χ0) is 11.4. The van der Waals surface area contributed by atoms with Gasteiger partial charge < -0.3 is 10.8 Å². The van der Waals surface area contributed by atoms with Gasteiger partial charge in [0, 0.05) is 5.56 Å². The first-order valence-electron chi connectivity index (χ1n) is 4.26. The van der Waals surface area contributed by atoms with Crippen molar-refractivity contribution in [1.29, 1.82) is 0 Å². The molecule has 0 bridgehead atoms. The van der Waals surface area contributed by atoms with Crippen molar-refractivity contribution in [2.24, 2.45) is 5.73 Å². The molecule has 0 aliphatic heterocycles. The van der Waals surface area contributed by atoms with E-state index in [0.717, 1.165) is 5.56 Å². The van der Waals surface area contributed by atoms with Crippen LogP contribution in [0.1, 0.15) is 15.9 Å². The highest BCUT2D eigenvalue weighted by Gasteiger charge is 2.13. The number of benzene rings is 1. The molecule has 3 N–H and O–H groups in total. The number of aliphatic carboxylic acids is 1. The molecule has 0 aliphatic carbocycles. The summed E-state index contributed by atoms with van der Waals surface area (Å²) in [5.41, 5.74) is 6.20. The lowest BCUT2D eigenvalue weighted by molar-refractivity contribution is -0.136. The fourth-order valence-electron chi connectivity index (χ4n) is 1.10. The van der Waals surface area contributed by atoms with Gasteiger partial charge >= 0.3 is 5.97 Å². The monoisotopic (exact) mass is 227 g/mol. The van der Waals surface area contributed by atoms with E-state index in [1.165, 1.54) is 0 Å². The van der Waals surface area contributed by atoms with Gasteiger partial charge in [-0.2, -0.15) is 0 Å². The van der Waals surface area contributed by atoms with Crippen molar-refractivity contribution in [1.82, 2.24) is 0 Å². The van der Waals surface area contributed by atoms with Gasteiger partial charge in [-0.3, -0.25) is 9.59 Å². The SMILES string of the molecule is NC(=O)c1ccc(CC(Cl)C(=O)O)cc1. The summed E-state index contributed by atoms with van der Waals surface area (Å²) in [6, 6.07) is 6.36. The van der Waals surface area contributed by atoms with Crippen molar-refractivity contribution >= 4 is 23.5 Å². The smallest absolute Gasteiger partial charge is 0.321 e. The second-order valence-corrected chi connectivity index (χ2v) is 3.60. The number of hydrogen-bond acceptors (Lipinski definition) is 2. The summed E-state index contributed by atoms with van der Waals surface area (Å²) < 4.78 is 0. The molecule has 0 saturated heterocycles. The van der Waals surface area contributed by atoms with Crippen molar-refractivity contribution in [3.63, 3.8) is 0 Å². The summed E-state index contributed by atoms with van der Waals surface area (Å²) in [6.07, 6.45) is 0.218. The highest BCUT2D eigenvalue weighted by Crippen LogP contribution is 2.10. The Morgan fingerprint density at radius 1 is 1.33 bits per heavy atom. The third-order valence-electron chi connectivity index (χ3n) is 1.92. The van der Waals surface area contributed by atoms with Crippen LogP contribution < -0.4 is 5.73 Å². The van der Waals surface area contributed by atoms with Gasteiger partial charge in [-0.25, -0.2) is 0 Å². The number of halogens is 1. The lowest BCUT2D eigenvalue weighted by Gasteiger charge is -2.04. The average molecular weight is 228 g/mol. The van der Waals surface area contributed by atoms with Gasteiger partial charge in [0.2, 0.25) is 5.91 Å². The van der Waals surface area contributed by atoms with Crippen LogP contribution >= 0.6 is 11.6 Å². The predicted octanol–water partition coefficient (Wildman–Crippen LogP) is 1.02. The van der Waals surface area contributed by atoms with Crippen LogP contribution in [0, 0.1) is 0 Å². The highest BCUT2D eigenvalue weighted by molar-refractivity contribution is 6.29. The minimum Gasteiger partial charge on any atom is -0.480 e. The van der Waals surface area contributed by atoms with Crippen LogP contribution in [0.4, 0.5) is 0 Å². The van der Waals surface area contributed by atoms with Crippen LogP contribution in [0.3, 0.4) is 0 Å². The molecular formula is C10H10ClNO3. The first kappa shape index (κ1) is 11.5. The zero-order valence-electron chi connectivity index (χ0n) is 7.81. The molecule has 0 spiro atoms. The number of carboxylic acid groups (broad SMARTS) is 1.